The standard InChI is InChI=1S/C19H17ClN4O/c1-13(14-5-2-7-16(20)11-14)23-18(25)15-6-3-8-17(12-15)24-19-21-9-4-10-22-19/h2-13H,1H3,(H,23,25)(H,21,22,24)/t13-/m0/s1. The topological polar surface area (TPSA) is 66.9 Å². The minimum absolute atomic E-state index is 0.153. The van der Waals surface area contributed by atoms with Crippen molar-refractivity contribution in [2.24, 2.45) is 0 Å². The van der Waals surface area contributed by atoms with Gasteiger partial charge in [-0.05, 0) is 48.9 Å². The molecule has 5 nitrogen and oxygen atoms in total. The van der Waals surface area contributed by atoms with E-state index in [4.69, 9.17) is 11.6 Å². The van der Waals surface area contributed by atoms with E-state index in [1.807, 2.05) is 37.3 Å². The molecular weight excluding hydrogens is 336 g/mol. The molecule has 0 fully saturated rings. The molecule has 3 aromatic rings. The zero-order valence-corrected chi connectivity index (χ0v) is 14.4. The predicted octanol–water partition coefficient (Wildman–Crippen LogP) is 4.36. The normalized spacial score (nSPS) is 11.6. The third kappa shape index (κ3) is 4.55. The highest BCUT2D eigenvalue weighted by Crippen LogP contribution is 2.19. The molecule has 1 atom stereocenters. The summed E-state index contributed by atoms with van der Waals surface area (Å²) in [5, 5.41) is 6.69. The second kappa shape index (κ2) is 7.77. The minimum atomic E-state index is -0.162. The Bertz CT molecular complexity index is 870. The minimum Gasteiger partial charge on any atom is -0.346 e. The Morgan fingerprint density at radius 1 is 1.04 bits per heavy atom. The third-order valence-electron chi connectivity index (χ3n) is 3.64. The second-order valence-corrected chi connectivity index (χ2v) is 5.96. The van der Waals surface area contributed by atoms with E-state index in [9.17, 15) is 4.79 Å². The molecule has 3 rings (SSSR count). The SMILES string of the molecule is C[C@H](NC(=O)c1cccc(Nc2ncccn2)c1)c1cccc(Cl)c1. The van der Waals surface area contributed by atoms with Crippen LogP contribution in [-0.4, -0.2) is 15.9 Å². The number of hydrogen-bond acceptors (Lipinski definition) is 4. The number of nitrogens with one attached hydrogen (secondary N) is 2. The quantitative estimate of drug-likeness (QED) is 0.715. The van der Waals surface area contributed by atoms with Crippen molar-refractivity contribution in [3.05, 3.63) is 83.1 Å². The van der Waals surface area contributed by atoms with Crippen LogP contribution in [0.1, 0.15) is 28.9 Å². The molecule has 0 saturated heterocycles. The molecular formula is C19H17ClN4O. The molecule has 2 aromatic carbocycles. The molecule has 0 saturated carbocycles. The van der Waals surface area contributed by atoms with E-state index < -0.39 is 0 Å². The van der Waals surface area contributed by atoms with Crippen LogP contribution in [0, 0.1) is 0 Å². The zero-order valence-electron chi connectivity index (χ0n) is 13.6. The van der Waals surface area contributed by atoms with E-state index in [2.05, 4.69) is 20.6 Å². The Morgan fingerprint density at radius 3 is 2.56 bits per heavy atom. The highest BCUT2D eigenvalue weighted by Gasteiger charge is 2.12. The zero-order chi connectivity index (χ0) is 17.6. The number of anilines is 2. The molecule has 0 bridgehead atoms. The van der Waals surface area contributed by atoms with Crippen molar-refractivity contribution in [1.82, 2.24) is 15.3 Å². The summed E-state index contributed by atoms with van der Waals surface area (Å²) in [7, 11) is 0. The van der Waals surface area contributed by atoms with E-state index in [1.54, 1.807) is 36.7 Å². The lowest BCUT2D eigenvalue weighted by Crippen LogP contribution is -2.26. The predicted molar refractivity (Wildman–Crippen MR) is 99.1 cm³/mol. The van der Waals surface area contributed by atoms with Crippen molar-refractivity contribution < 1.29 is 4.79 Å². The Morgan fingerprint density at radius 2 is 1.80 bits per heavy atom. The van der Waals surface area contributed by atoms with Crippen molar-refractivity contribution in [2.75, 3.05) is 5.32 Å². The van der Waals surface area contributed by atoms with Crippen LogP contribution in [0.4, 0.5) is 11.6 Å². The average molecular weight is 353 g/mol. The van der Waals surface area contributed by atoms with Gasteiger partial charge in [-0.1, -0.05) is 29.8 Å². The summed E-state index contributed by atoms with van der Waals surface area (Å²) in [6, 6.07) is 16.2. The van der Waals surface area contributed by atoms with Gasteiger partial charge < -0.3 is 10.6 Å². The monoisotopic (exact) mass is 352 g/mol. The largest absolute Gasteiger partial charge is 0.346 e. The summed E-state index contributed by atoms with van der Waals surface area (Å²) >= 11 is 6.01. The number of carbonyl (C=O) groups excluding carboxylic acids is 1. The summed E-state index contributed by atoms with van der Waals surface area (Å²) in [5.74, 6) is 0.317. The molecule has 126 valence electrons. The van der Waals surface area contributed by atoms with Crippen molar-refractivity contribution >= 4 is 29.1 Å². The summed E-state index contributed by atoms with van der Waals surface area (Å²) in [6.07, 6.45) is 3.30. The van der Waals surface area contributed by atoms with Crippen LogP contribution in [0.2, 0.25) is 5.02 Å². The fourth-order valence-electron chi connectivity index (χ4n) is 2.37. The lowest BCUT2D eigenvalue weighted by atomic mass is 10.1. The second-order valence-electron chi connectivity index (χ2n) is 5.53. The molecule has 1 aromatic heterocycles. The first kappa shape index (κ1) is 16.9. The highest BCUT2D eigenvalue weighted by molar-refractivity contribution is 6.30. The molecule has 0 unspecified atom stereocenters. The Labute approximate surface area is 151 Å². The van der Waals surface area contributed by atoms with Crippen LogP contribution in [0.5, 0.6) is 0 Å². The number of halogens is 1. The molecule has 0 aliphatic rings. The third-order valence-corrected chi connectivity index (χ3v) is 3.88. The van der Waals surface area contributed by atoms with Gasteiger partial charge in [0.25, 0.3) is 5.91 Å². The van der Waals surface area contributed by atoms with Crippen molar-refractivity contribution in [1.29, 1.82) is 0 Å². The Hall–Kier alpha value is -2.92. The molecule has 0 aliphatic carbocycles. The number of hydrogen-bond donors (Lipinski definition) is 2. The van der Waals surface area contributed by atoms with Gasteiger partial charge in [-0.15, -0.1) is 0 Å². The fraction of sp³-hybridized carbons (Fsp3) is 0.105. The lowest BCUT2D eigenvalue weighted by Gasteiger charge is -2.15. The van der Waals surface area contributed by atoms with Gasteiger partial charge in [0.05, 0.1) is 6.04 Å². The summed E-state index contributed by atoms with van der Waals surface area (Å²) in [4.78, 5) is 20.7. The van der Waals surface area contributed by atoms with Crippen LogP contribution in [0.15, 0.2) is 67.0 Å². The van der Waals surface area contributed by atoms with E-state index >= 15 is 0 Å². The lowest BCUT2D eigenvalue weighted by molar-refractivity contribution is 0.0940. The molecule has 0 spiro atoms. The van der Waals surface area contributed by atoms with Crippen LogP contribution in [0.3, 0.4) is 0 Å². The van der Waals surface area contributed by atoms with Crippen molar-refractivity contribution in [3.8, 4) is 0 Å². The molecule has 0 radical (unpaired) electrons. The maximum atomic E-state index is 12.5. The molecule has 1 heterocycles. The molecule has 1 amide bonds. The van der Waals surface area contributed by atoms with Crippen molar-refractivity contribution in [3.63, 3.8) is 0 Å². The Kier molecular flexibility index (Phi) is 5.26. The number of aromatic nitrogens is 2. The van der Waals surface area contributed by atoms with Gasteiger partial charge in [0.1, 0.15) is 0 Å². The average Bonchev–Trinajstić information content (AvgIpc) is 2.63. The molecule has 2 N–H and O–H groups in total. The van der Waals surface area contributed by atoms with Crippen LogP contribution in [-0.2, 0) is 0 Å². The van der Waals surface area contributed by atoms with E-state index in [-0.39, 0.29) is 11.9 Å². The number of nitrogens with zero attached hydrogens (tertiary/aromatic N) is 2. The van der Waals surface area contributed by atoms with E-state index in [0.717, 1.165) is 11.3 Å². The first-order chi connectivity index (χ1) is 12.1. The molecule has 6 heteroatoms. The summed E-state index contributed by atoms with van der Waals surface area (Å²) in [6.45, 7) is 1.92. The van der Waals surface area contributed by atoms with E-state index in [0.29, 0.717) is 16.5 Å². The Balaban J connectivity index is 1.71. The number of benzene rings is 2. The number of rotatable bonds is 5. The maximum absolute atomic E-state index is 12.5. The maximum Gasteiger partial charge on any atom is 0.251 e. The van der Waals surface area contributed by atoms with Gasteiger partial charge in [0.15, 0.2) is 0 Å². The molecule has 0 aliphatic heterocycles. The van der Waals surface area contributed by atoms with Gasteiger partial charge in [-0.2, -0.15) is 0 Å². The van der Waals surface area contributed by atoms with Crippen molar-refractivity contribution in [2.45, 2.75) is 13.0 Å². The van der Waals surface area contributed by atoms with Gasteiger partial charge in [-0.25, -0.2) is 9.97 Å². The van der Waals surface area contributed by atoms with Crippen LogP contribution in [0.25, 0.3) is 0 Å². The summed E-state index contributed by atoms with van der Waals surface area (Å²) < 4.78 is 0. The van der Waals surface area contributed by atoms with Gasteiger partial charge >= 0.3 is 0 Å². The van der Waals surface area contributed by atoms with Gasteiger partial charge in [-0.3, -0.25) is 4.79 Å². The summed E-state index contributed by atoms with van der Waals surface area (Å²) in [5.41, 5.74) is 2.25. The molecule has 25 heavy (non-hydrogen) atoms. The fourth-order valence-corrected chi connectivity index (χ4v) is 2.57. The highest BCUT2D eigenvalue weighted by atomic mass is 35.5. The van der Waals surface area contributed by atoms with Gasteiger partial charge in [0.2, 0.25) is 5.95 Å². The smallest absolute Gasteiger partial charge is 0.251 e. The van der Waals surface area contributed by atoms with Gasteiger partial charge in [0, 0.05) is 28.7 Å². The van der Waals surface area contributed by atoms with Crippen LogP contribution < -0.4 is 10.6 Å². The van der Waals surface area contributed by atoms with E-state index in [1.165, 1.54) is 0 Å². The van der Waals surface area contributed by atoms with Crippen LogP contribution >= 0.6 is 11.6 Å². The first-order valence-electron chi connectivity index (χ1n) is 7.82. The first-order valence-corrected chi connectivity index (χ1v) is 8.20. The number of amides is 1. The number of carbonyl (C=O) groups is 1.